The van der Waals surface area contributed by atoms with Crippen molar-refractivity contribution >= 4 is 15.9 Å². The van der Waals surface area contributed by atoms with Gasteiger partial charge in [-0.2, -0.15) is 5.26 Å². The van der Waals surface area contributed by atoms with Gasteiger partial charge in [-0.05, 0) is 42.5 Å². The highest BCUT2D eigenvalue weighted by molar-refractivity contribution is 9.10. The zero-order valence-electron chi connectivity index (χ0n) is 11.8. The normalized spacial score (nSPS) is 18.6. The van der Waals surface area contributed by atoms with E-state index in [9.17, 15) is 10.4 Å². The fraction of sp³-hybridized carbons (Fsp3) is 0.278. The lowest BCUT2D eigenvalue weighted by Crippen LogP contribution is -2.43. The number of nitriles is 1. The molecule has 0 bridgehead atoms. The van der Waals surface area contributed by atoms with E-state index in [2.05, 4.69) is 22.0 Å². The van der Waals surface area contributed by atoms with E-state index in [0.717, 1.165) is 21.2 Å². The standard InChI is InChI=1S/C18H16BrNO/c1-17(21,15-8-4-5-9-16(15)19)18(12-20)10-13-6-2-3-7-14(13)11-18/h2-9,21H,10-11H2,1H3. The van der Waals surface area contributed by atoms with Gasteiger partial charge in [0.1, 0.15) is 5.60 Å². The largest absolute Gasteiger partial charge is 0.384 e. The molecule has 0 saturated carbocycles. The van der Waals surface area contributed by atoms with Crippen LogP contribution >= 0.6 is 15.9 Å². The van der Waals surface area contributed by atoms with Crippen LogP contribution in [0.4, 0.5) is 0 Å². The van der Waals surface area contributed by atoms with Crippen molar-refractivity contribution in [3.05, 3.63) is 69.7 Å². The predicted octanol–water partition coefficient (Wildman–Crippen LogP) is 3.97. The lowest BCUT2D eigenvalue weighted by molar-refractivity contribution is -0.0411. The van der Waals surface area contributed by atoms with E-state index in [0.29, 0.717) is 12.8 Å². The molecule has 0 spiro atoms. The van der Waals surface area contributed by atoms with Gasteiger partial charge in [-0.15, -0.1) is 0 Å². The average molecular weight is 342 g/mol. The minimum atomic E-state index is -1.22. The molecule has 0 aromatic heterocycles. The molecule has 3 rings (SSSR count). The Kier molecular flexibility index (Phi) is 3.39. The minimum absolute atomic E-state index is 0.577. The van der Waals surface area contributed by atoms with Crippen LogP contribution in [0.5, 0.6) is 0 Å². The molecule has 0 saturated heterocycles. The first-order chi connectivity index (χ1) is 10.00. The number of nitrogens with zero attached hydrogens (tertiary/aromatic N) is 1. The summed E-state index contributed by atoms with van der Waals surface area (Å²) in [5, 5.41) is 21.1. The van der Waals surface area contributed by atoms with Gasteiger partial charge in [-0.1, -0.05) is 58.4 Å². The second-order valence-corrected chi connectivity index (χ2v) is 6.72. The average Bonchev–Trinajstić information content (AvgIpc) is 2.88. The van der Waals surface area contributed by atoms with Crippen LogP contribution < -0.4 is 0 Å². The third-order valence-electron chi connectivity index (χ3n) is 4.65. The summed E-state index contributed by atoms with van der Waals surface area (Å²) in [5.41, 5.74) is 1.03. The molecule has 1 unspecified atom stereocenters. The Morgan fingerprint density at radius 3 is 2.14 bits per heavy atom. The summed E-state index contributed by atoms with van der Waals surface area (Å²) < 4.78 is 0.834. The van der Waals surface area contributed by atoms with E-state index in [-0.39, 0.29) is 0 Å². The van der Waals surface area contributed by atoms with Gasteiger partial charge in [-0.3, -0.25) is 0 Å². The van der Waals surface area contributed by atoms with Gasteiger partial charge >= 0.3 is 0 Å². The summed E-state index contributed by atoms with van der Waals surface area (Å²) in [4.78, 5) is 0. The maximum atomic E-state index is 11.2. The van der Waals surface area contributed by atoms with Crippen LogP contribution in [0.3, 0.4) is 0 Å². The monoisotopic (exact) mass is 341 g/mol. The first-order valence-electron chi connectivity index (χ1n) is 6.96. The van der Waals surface area contributed by atoms with E-state index in [1.165, 1.54) is 0 Å². The lowest BCUT2D eigenvalue weighted by atomic mass is 9.68. The van der Waals surface area contributed by atoms with Crippen molar-refractivity contribution in [3.63, 3.8) is 0 Å². The van der Waals surface area contributed by atoms with Crippen LogP contribution in [-0.2, 0) is 18.4 Å². The van der Waals surface area contributed by atoms with Gasteiger partial charge < -0.3 is 5.11 Å². The number of fused-ring (bicyclic) bond motifs is 1. The fourth-order valence-electron chi connectivity index (χ4n) is 3.26. The first kappa shape index (κ1) is 14.3. The number of hydrogen-bond acceptors (Lipinski definition) is 2. The number of hydrogen-bond donors (Lipinski definition) is 1. The van der Waals surface area contributed by atoms with Gasteiger partial charge in [-0.25, -0.2) is 0 Å². The quantitative estimate of drug-likeness (QED) is 0.898. The van der Waals surface area contributed by atoms with Crippen molar-refractivity contribution in [2.75, 3.05) is 0 Å². The Bertz CT molecular complexity index is 705. The van der Waals surface area contributed by atoms with Crippen LogP contribution in [0.1, 0.15) is 23.6 Å². The second-order valence-electron chi connectivity index (χ2n) is 5.87. The highest BCUT2D eigenvalue weighted by Crippen LogP contribution is 2.50. The molecule has 21 heavy (non-hydrogen) atoms. The molecule has 0 aliphatic heterocycles. The highest BCUT2D eigenvalue weighted by atomic mass is 79.9. The molecule has 0 heterocycles. The van der Waals surface area contributed by atoms with E-state index in [4.69, 9.17) is 0 Å². The summed E-state index contributed by atoms with van der Waals surface area (Å²) in [7, 11) is 0. The molecule has 1 atom stereocenters. The SMILES string of the molecule is CC(O)(c1ccccc1Br)C1(C#N)Cc2ccccc2C1. The van der Waals surface area contributed by atoms with Crippen molar-refractivity contribution in [1.29, 1.82) is 5.26 Å². The Labute approximate surface area is 133 Å². The van der Waals surface area contributed by atoms with Crippen LogP contribution in [0.25, 0.3) is 0 Å². The Morgan fingerprint density at radius 2 is 1.62 bits per heavy atom. The zero-order valence-corrected chi connectivity index (χ0v) is 13.4. The van der Waals surface area contributed by atoms with Crippen molar-refractivity contribution in [1.82, 2.24) is 0 Å². The molecule has 2 aromatic rings. The van der Waals surface area contributed by atoms with E-state index < -0.39 is 11.0 Å². The summed E-state index contributed by atoms with van der Waals surface area (Å²) in [6, 6.07) is 18.1. The number of halogens is 1. The van der Waals surface area contributed by atoms with Crippen LogP contribution in [0.15, 0.2) is 53.0 Å². The topological polar surface area (TPSA) is 44.0 Å². The van der Waals surface area contributed by atoms with Gasteiger partial charge in [0, 0.05) is 4.47 Å². The maximum absolute atomic E-state index is 11.2. The molecule has 3 heteroatoms. The molecule has 0 amide bonds. The van der Waals surface area contributed by atoms with E-state index >= 15 is 0 Å². The molecular weight excluding hydrogens is 326 g/mol. The molecule has 2 nitrogen and oxygen atoms in total. The number of rotatable bonds is 2. The van der Waals surface area contributed by atoms with Crippen LogP contribution in [-0.4, -0.2) is 5.11 Å². The summed E-state index contributed by atoms with van der Waals surface area (Å²) in [6.07, 6.45) is 1.15. The smallest absolute Gasteiger partial charge is 0.107 e. The van der Waals surface area contributed by atoms with Crippen molar-refractivity contribution < 1.29 is 5.11 Å². The molecule has 1 N–H and O–H groups in total. The van der Waals surface area contributed by atoms with Crippen molar-refractivity contribution in [2.45, 2.75) is 25.4 Å². The van der Waals surface area contributed by atoms with Gasteiger partial charge in [0.15, 0.2) is 0 Å². The zero-order chi connectivity index (χ0) is 15.1. The minimum Gasteiger partial charge on any atom is -0.384 e. The molecule has 106 valence electrons. The van der Waals surface area contributed by atoms with Gasteiger partial charge in [0.05, 0.1) is 11.5 Å². The van der Waals surface area contributed by atoms with E-state index in [1.54, 1.807) is 6.92 Å². The molecule has 0 fully saturated rings. The third-order valence-corrected chi connectivity index (χ3v) is 5.34. The summed E-state index contributed by atoms with van der Waals surface area (Å²) >= 11 is 3.50. The number of benzene rings is 2. The Hall–Kier alpha value is -1.63. The molecular formula is C18H16BrNO. The third kappa shape index (κ3) is 2.10. The summed E-state index contributed by atoms with van der Waals surface area (Å²) in [6.45, 7) is 1.75. The van der Waals surface area contributed by atoms with E-state index in [1.807, 2.05) is 48.5 Å². The van der Waals surface area contributed by atoms with Crippen LogP contribution in [0.2, 0.25) is 0 Å². The molecule has 1 aliphatic rings. The first-order valence-corrected chi connectivity index (χ1v) is 7.75. The van der Waals surface area contributed by atoms with Crippen LogP contribution in [0, 0.1) is 16.7 Å². The summed E-state index contributed by atoms with van der Waals surface area (Å²) in [5.74, 6) is 0. The molecule has 1 aliphatic carbocycles. The van der Waals surface area contributed by atoms with Crippen molar-refractivity contribution in [2.24, 2.45) is 5.41 Å². The fourth-order valence-corrected chi connectivity index (χ4v) is 3.93. The maximum Gasteiger partial charge on any atom is 0.107 e. The predicted molar refractivity (Wildman–Crippen MR) is 85.6 cm³/mol. The number of aliphatic hydroxyl groups is 1. The van der Waals surface area contributed by atoms with Gasteiger partial charge in [0.25, 0.3) is 0 Å². The molecule has 0 radical (unpaired) electrons. The Morgan fingerprint density at radius 1 is 1.10 bits per heavy atom. The Balaban J connectivity index is 2.10. The molecule has 2 aromatic carbocycles. The lowest BCUT2D eigenvalue weighted by Gasteiger charge is -2.38. The van der Waals surface area contributed by atoms with Crippen molar-refractivity contribution in [3.8, 4) is 6.07 Å². The second kappa shape index (κ2) is 4.98. The highest BCUT2D eigenvalue weighted by Gasteiger charge is 2.52. The van der Waals surface area contributed by atoms with Gasteiger partial charge in [0.2, 0.25) is 0 Å².